The second-order valence-corrected chi connectivity index (χ2v) is 1.78. The van der Waals surface area contributed by atoms with Crippen molar-refractivity contribution in [2.75, 3.05) is 20.3 Å². The van der Waals surface area contributed by atoms with Crippen molar-refractivity contribution in [2.45, 2.75) is 0 Å². The van der Waals surface area contributed by atoms with Gasteiger partial charge in [-0.2, -0.15) is 0 Å². The maximum absolute atomic E-state index is 10.6. The van der Waals surface area contributed by atoms with Crippen LogP contribution in [0.4, 0.5) is 0 Å². The van der Waals surface area contributed by atoms with Crippen LogP contribution in [0.3, 0.4) is 0 Å². The monoisotopic (exact) mass is 190 g/mol. The predicted octanol–water partition coefficient (Wildman–Crippen LogP) is -1.68. The van der Waals surface area contributed by atoms with Gasteiger partial charge in [0.15, 0.2) is 6.61 Å². The van der Waals surface area contributed by atoms with Crippen LogP contribution in [0, 0.1) is 0 Å². The zero-order chi connectivity index (χ0) is 10.1. The van der Waals surface area contributed by atoms with Gasteiger partial charge in [-0.05, 0) is 0 Å². The standard InChI is InChI=1S/C5H9BNO6/c1-7-13-6-12-3-5(10)11-2-4(8)9/h7H,2-3H2,1H3,(H,8,9). The third-order valence-corrected chi connectivity index (χ3v) is 0.792. The third kappa shape index (κ3) is 8.79. The number of ether oxygens (including phenoxy) is 1. The predicted molar refractivity (Wildman–Crippen MR) is 40.4 cm³/mol. The summed E-state index contributed by atoms with van der Waals surface area (Å²) in [5.74, 6) is -2.00. The molecule has 0 saturated heterocycles. The number of carboxylic acids is 1. The van der Waals surface area contributed by atoms with E-state index >= 15 is 0 Å². The Morgan fingerprint density at radius 2 is 2.15 bits per heavy atom. The number of aliphatic carboxylic acids is 1. The number of hydroxylamine groups is 1. The molecule has 0 aromatic heterocycles. The first kappa shape index (κ1) is 11.9. The lowest BCUT2D eigenvalue weighted by Gasteiger charge is -2.01. The summed E-state index contributed by atoms with van der Waals surface area (Å²) in [7, 11) is 2.39. The van der Waals surface area contributed by atoms with Gasteiger partial charge in [-0.15, -0.1) is 0 Å². The van der Waals surface area contributed by atoms with E-state index < -0.39 is 25.2 Å². The highest BCUT2D eigenvalue weighted by molar-refractivity contribution is 6.18. The van der Waals surface area contributed by atoms with Crippen molar-refractivity contribution in [3.05, 3.63) is 0 Å². The van der Waals surface area contributed by atoms with Crippen LogP contribution in [-0.2, 0) is 23.7 Å². The van der Waals surface area contributed by atoms with Gasteiger partial charge in [0.2, 0.25) is 0 Å². The van der Waals surface area contributed by atoms with Gasteiger partial charge in [-0.1, -0.05) is 0 Å². The first-order chi connectivity index (χ1) is 6.16. The quantitative estimate of drug-likeness (QED) is 0.214. The van der Waals surface area contributed by atoms with Gasteiger partial charge >= 0.3 is 19.6 Å². The molecule has 0 amide bonds. The lowest BCUT2D eigenvalue weighted by atomic mass is 10.4. The van der Waals surface area contributed by atoms with Crippen molar-refractivity contribution in [1.82, 2.24) is 5.48 Å². The number of rotatable bonds is 7. The van der Waals surface area contributed by atoms with Gasteiger partial charge in [-0.25, -0.2) is 15.1 Å². The van der Waals surface area contributed by atoms with Gasteiger partial charge in [-0.3, -0.25) is 0 Å². The first-order valence-corrected chi connectivity index (χ1v) is 3.30. The molecular weight excluding hydrogens is 181 g/mol. The molecule has 0 aliphatic heterocycles. The van der Waals surface area contributed by atoms with E-state index in [2.05, 4.69) is 19.6 Å². The fourth-order valence-corrected chi connectivity index (χ4v) is 0.368. The fraction of sp³-hybridized carbons (Fsp3) is 0.600. The Bertz CT molecular complexity index is 174. The lowest BCUT2D eigenvalue weighted by molar-refractivity contribution is -0.156. The van der Waals surface area contributed by atoms with Gasteiger partial charge in [0, 0.05) is 7.05 Å². The Kier molecular flexibility index (Phi) is 6.88. The average molecular weight is 190 g/mol. The molecule has 8 heteroatoms. The molecule has 0 rings (SSSR count). The molecule has 2 N–H and O–H groups in total. The minimum Gasteiger partial charge on any atom is -0.479 e. The van der Waals surface area contributed by atoms with Crippen molar-refractivity contribution in [3.8, 4) is 0 Å². The zero-order valence-corrected chi connectivity index (χ0v) is 6.98. The van der Waals surface area contributed by atoms with E-state index in [9.17, 15) is 9.59 Å². The molecule has 0 aliphatic carbocycles. The molecule has 0 bridgehead atoms. The van der Waals surface area contributed by atoms with Crippen LogP contribution < -0.4 is 5.48 Å². The topological polar surface area (TPSA) is 94.1 Å². The van der Waals surface area contributed by atoms with E-state index in [1.165, 1.54) is 7.05 Å². The molecule has 0 aromatic carbocycles. The SMILES string of the molecule is CNO[B]OCC(=O)OCC(=O)O. The number of carbonyl (C=O) groups excluding carboxylic acids is 1. The smallest absolute Gasteiger partial charge is 0.479 e. The molecule has 0 aliphatic rings. The normalized spacial score (nSPS) is 9.31. The molecule has 0 unspecified atom stereocenters. The summed E-state index contributed by atoms with van der Waals surface area (Å²) >= 11 is 0. The first-order valence-electron chi connectivity index (χ1n) is 3.30. The minimum atomic E-state index is -1.22. The van der Waals surface area contributed by atoms with Crippen LogP contribution in [0.25, 0.3) is 0 Å². The largest absolute Gasteiger partial charge is 0.507 e. The summed E-state index contributed by atoms with van der Waals surface area (Å²) in [6.07, 6.45) is 0. The lowest BCUT2D eigenvalue weighted by Crippen LogP contribution is -2.21. The molecular formula is C5H9BNO6. The van der Waals surface area contributed by atoms with E-state index in [0.717, 1.165) is 7.69 Å². The van der Waals surface area contributed by atoms with Crippen LogP contribution in [0.1, 0.15) is 0 Å². The van der Waals surface area contributed by atoms with E-state index in [-0.39, 0.29) is 0 Å². The number of nitrogens with one attached hydrogen (secondary N) is 1. The molecule has 73 valence electrons. The minimum absolute atomic E-state index is 0.394. The van der Waals surface area contributed by atoms with Gasteiger partial charge in [0.1, 0.15) is 6.61 Å². The second kappa shape index (κ2) is 7.53. The maximum Gasteiger partial charge on any atom is 0.507 e. The van der Waals surface area contributed by atoms with Crippen LogP contribution >= 0.6 is 0 Å². The van der Waals surface area contributed by atoms with E-state index in [0.29, 0.717) is 0 Å². The Morgan fingerprint density at radius 3 is 2.69 bits per heavy atom. The van der Waals surface area contributed by atoms with Crippen molar-refractivity contribution in [3.63, 3.8) is 0 Å². The highest BCUT2D eigenvalue weighted by Gasteiger charge is 2.06. The maximum atomic E-state index is 10.6. The van der Waals surface area contributed by atoms with Crippen molar-refractivity contribution in [2.24, 2.45) is 0 Å². The Morgan fingerprint density at radius 1 is 1.46 bits per heavy atom. The highest BCUT2D eigenvalue weighted by atomic mass is 16.7. The molecule has 1 radical (unpaired) electrons. The van der Waals surface area contributed by atoms with Crippen molar-refractivity contribution in [1.29, 1.82) is 0 Å². The molecule has 7 nitrogen and oxygen atoms in total. The summed E-state index contributed by atoms with van der Waals surface area (Å²) in [4.78, 5) is 20.5. The van der Waals surface area contributed by atoms with E-state index in [1.54, 1.807) is 0 Å². The number of esters is 1. The summed E-state index contributed by atoms with van der Waals surface area (Å²) in [6.45, 7) is -1.07. The Balaban J connectivity index is 3.25. The number of hydrogen-bond acceptors (Lipinski definition) is 6. The number of carboxylic acid groups (broad SMARTS) is 1. The molecule has 13 heavy (non-hydrogen) atoms. The van der Waals surface area contributed by atoms with Crippen molar-refractivity contribution < 1.29 is 28.8 Å². The average Bonchev–Trinajstić information content (AvgIpc) is 2.09. The van der Waals surface area contributed by atoms with Gasteiger partial charge in [0.25, 0.3) is 0 Å². The Labute approximate surface area is 75.2 Å². The van der Waals surface area contributed by atoms with E-state index in [4.69, 9.17) is 5.11 Å². The molecule has 0 fully saturated rings. The van der Waals surface area contributed by atoms with Crippen LogP contribution in [0.2, 0.25) is 0 Å². The molecule has 0 saturated carbocycles. The van der Waals surface area contributed by atoms with E-state index in [1.807, 2.05) is 0 Å². The summed E-state index contributed by atoms with van der Waals surface area (Å²) in [6, 6.07) is 0. The third-order valence-electron chi connectivity index (χ3n) is 0.792. The molecule has 0 atom stereocenters. The van der Waals surface area contributed by atoms with Crippen LogP contribution in [-0.4, -0.2) is 45.0 Å². The highest BCUT2D eigenvalue weighted by Crippen LogP contribution is 1.80. The molecule has 0 aromatic rings. The second-order valence-electron chi connectivity index (χ2n) is 1.78. The molecule has 0 spiro atoms. The van der Waals surface area contributed by atoms with Gasteiger partial charge < -0.3 is 19.3 Å². The number of carbonyl (C=O) groups is 2. The summed E-state index contributed by atoms with van der Waals surface area (Å²) in [5, 5.41) is 8.11. The summed E-state index contributed by atoms with van der Waals surface area (Å²) < 4.78 is 13.1. The zero-order valence-electron chi connectivity index (χ0n) is 6.98. The Hall–Kier alpha value is -1.12. The van der Waals surface area contributed by atoms with Crippen LogP contribution in [0.15, 0.2) is 0 Å². The fourth-order valence-electron chi connectivity index (χ4n) is 0.368. The van der Waals surface area contributed by atoms with Crippen molar-refractivity contribution >= 4 is 19.6 Å². The van der Waals surface area contributed by atoms with Crippen LogP contribution in [0.5, 0.6) is 0 Å². The number of hydrogen-bond donors (Lipinski definition) is 2. The summed E-state index contributed by atoms with van der Waals surface area (Å²) in [5.41, 5.74) is 2.26. The van der Waals surface area contributed by atoms with Gasteiger partial charge in [0.05, 0.1) is 0 Å². The molecule has 0 heterocycles.